The number of aliphatic hydroxyl groups is 1. The first kappa shape index (κ1) is 72.0. The number of esters is 2. The molecule has 0 fully saturated rings. The summed E-state index contributed by atoms with van der Waals surface area (Å²) in [5.74, 6) is -0.598. The second-order valence-electron chi connectivity index (χ2n) is 20.7. The minimum absolute atomic E-state index is 0.0739. The first-order valence-electron chi connectivity index (χ1n) is 31.7. The van der Waals surface area contributed by atoms with Gasteiger partial charge in [-0.3, -0.25) is 9.59 Å². The Hall–Kier alpha value is -3.96. The lowest BCUT2D eigenvalue weighted by Gasteiger charge is -2.15. The Morgan fingerprint density at radius 2 is 0.526 bits per heavy atom. The highest BCUT2D eigenvalue weighted by Crippen LogP contribution is 2.16. The second-order valence-corrected chi connectivity index (χ2v) is 20.7. The standard InChI is InChI=1S/C71H118O5/c1-3-5-7-9-11-13-15-17-19-21-23-25-27-29-31-32-33-34-35-36-37-38-40-41-43-45-47-49-51-53-55-57-59-61-63-65-70(73)75-68-69(67-72)76-71(74)66-64-62-60-58-56-54-52-50-48-46-44-42-39-30-28-26-24-22-20-18-16-14-12-10-8-6-4-2/h5-8,11-14,17-20,23-26,29-31,39,44,46,69,72H,3-4,9-10,15-16,21-22,27-28,32-38,40-43,45,47-68H2,1-2H3/b7-5-,8-6-,13-11-,14-12-,19-17-,20-18-,25-23-,26-24-,31-29-,39-30-,46-44-. The number of allylic oxidation sites excluding steroid dienone is 22. The molecule has 0 aliphatic carbocycles. The molecule has 76 heavy (non-hydrogen) atoms. The van der Waals surface area contributed by atoms with Crippen LogP contribution in [0, 0.1) is 0 Å². The lowest BCUT2D eigenvalue weighted by Crippen LogP contribution is -2.28. The molecular weight excluding hydrogens is 933 g/mol. The molecule has 0 rings (SSSR count). The highest BCUT2D eigenvalue weighted by molar-refractivity contribution is 5.70. The highest BCUT2D eigenvalue weighted by Gasteiger charge is 2.16. The smallest absolute Gasteiger partial charge is 0.306 e. The molecule has 0 saturated carbocycles. The number of unbranched alkanes of at least 4 members (excludes halogenated alkanes) is 27. The number of aliphatic hydroxyl groups excluding tert-OH is 1. The largest absolute Gasteiger partial charge is 0.462 e. The molecule has 0 aliphatic rings. The number of hydrogen-bond donors (Lipinski definition) is 1. The summed E-state index contributed by atoms with van der Waals surface area (Å²) in [7, 11) is 0. The van der Waals surface area contributed by atoms with Crippen molar-refractivity contribution in [2.75, 3.05) is 13.2 Å². The van der Waals surface area contributed by atoms with Crippen LogP contribution in [0.15, 0.2) is 134 Å². The molecule has 0 bridgehead atoms. The maximum absolute atomic E-state index is 12.3. The van der Waals surface area contributed by atoms with E-state index in [9.17, 15) is 14.7 Å². The molecule has 432 valence electrons. The summed E-state index contributed by atoms with van der Waals surface area (Å²) < 4.78 is 10.7. The van der Waals surface area contributed by atoms with Crippen LogP contribution < -0.4 is 0 Å². The van der Waals surface area contributed by atoms with Gasteiger partial charge in [-0.05, 0) is 109 Å². The predicted octanol–water partition coefficient (Wildman–Crippen LogP) is 22.0. The third kappa shape index (κ3) is 62.6. The van der Waals surface area contributed by atoms with Crippen LogP contribution in [0.3, 0.4) is 0 Å². The average Bonchev–Trinajstić information content (AvgIpc) is 3.42. The van der Waals surface area contributed by atoms with Gasteiger partial charge in [0, 0.05) is 12.8 Å². The van der Waals surface area contributed by atoms with Gasteiger partial charge in [0.05, 0.1) is 6.61 Å². The van der Waals surface area contributed by atoms with Gasteiger partial charge < -0.3 is 14.6 Å². The molecule has 0 heterocycles. The van der Waals surface area contributed by atoms with Crippen molar-refractivity contribution in [3.63, 3.8) is 0 Å². The van der Waals surface area contributed by atoms with E-state index in [0.29, 0.717) is 12.8 Å². The van der Waals surface area contributed by atoms with Crippen LogP contribution in [-0.2, 0) is 19.1 Å². The van der Waals surface area contributed by atoms with Crippen molar-refractivity contribution in [1.82, 2.24) is 0 Å². The SMILES string of the molecule is CC/C=C\C/C=C\C/C=C\C/C=C\C/C=C\C/C=C\CCCCCCCCCCC(=O)OC(CO)COC(=O)CCCCCCCCCCCCCCCCCCCCC/C=C\C/C=C\C/C=C\C/C=C\C/C=C\CC. The maximum Gasteiger partial charge on any atom is 0.306 e. The van der Waals surface area contributed by atoms with E-state index < -0.39 is 6.10 Å². The Balaban J connectivity index is 3.50. The van der Waals surface area contributed by atoms with Gasteiger partial charge in [-0.2, -0.15) is 0 Å². The molecule has 0 aliphatic heterocycles. The van der Waals surface area contributed by atoms with Crippen molar-refractivity contribution in [3.05, 3.63) is 134 Å². The van der Waals surface area contributed by atoms with Crippen molar-refractivity contribution < 1.29 is 24.2 Å². The third-order valence-electron chi connectivity index (χ3n) is 13.4. The fourth-order valence-corrected chi connectivity index (χ4v) is 8.76. The van der Waals surface area contributed by atoms with Crippen LogP contribution in [0.1, 0.15) is 284 Å². The fraction of sp³-hybridized carbons (Fsp3) is 0.662. The molecule has 0 saturated heterocycles. The van der Waals surface area contributed by atoms with E-state index in [-0.39, 0.29) is 25.2 Å². The number of rotatable bonds is 57. The number of ether oxygens (including phenoxy) is 2. The molecule has 0 aromatic heterocycles. The normalized spacial score (nSPS) is 13.1. The number of carbonyl (C=O) groups excluding carboxylic acids is 2. The Morgan fingerprint density at radius 1 is 0.303 bits per heavy atom. The number of hydrogen-bond acceptors (Lipinski definition) is 5. The Morgan fingerprint density at radius 3 is 0.789 bits per heavy atom. The minimum Gasteiger partial charge on any atom is -0.462 e. The Bertz CT molecular complexity index is 1570. The molecule has 1 N–H and O–H groups in total. The zero-order valence-corrected chi connectivity index (χ0v) is 49.5. The average molecular weight is 1050 g/mol. The van der Waals surface area contributed by atoms with Gasteiger partial charge in [-0.15, -0.1) is 0 Å². The summed E-state index contributed by atoms with van der Waals surface area (Å²) in [6.45, 7) is 3.92. The van der Waals surface area contributed by atoms with E-state index in [1.165, 1.54) is 141 Å². The number of carbonyl (C=O) groups is 2. The molecular formula is C71H118O5. The Labute approximate surface area is 470 Å². The molecule has 0 aromatic carbocycles. The highest BCUT2D eigenvalue weighted by atomic mass is 16.6. The van der Waals surface area contributed by atoms with Crippen molar-refractivity contribution >= 4 is 11.9 Å². The first-order valence-corrected chi connectivity index (χ1v) is 31.7. The van der Waals surface area contributed by atoms with Crippen LogP contribution in [0.25, 0.3) is 0 Å². The third-order valence-corrected chi connectivity index (χ3v) is 13.4. The molecule has 0 amide bonds. The maximum atomic E-state index is 12.3. The summed E-state index contributed by atoms with van der Waals surface area (Å²) in [5.41, 5.74) is 0. The van der Waals surface area contributed by atoms with Gasteiger partial charge in [-0.1, -0.05) is 295 Å². The van der Waals surface area contributed by atoms with Crippen LogP contribution in [0.2, 0.25) is 0 Å². The van der Waals surface area contributed by atoms with E-state index in [2.05, 4.69) is 148 Å². The summed E-state index contributed by atoms with van der Waals surface area (Å²) in [4.78, 5) is 24.6. The summed E-state index contributed by atoms with van der Waals surface area (Å²) in [6, 6.07) is 0. The van der Waals surface area contributed by atoms with E-state index >= 15 is 0 Å². The lowest BCUT2D eigenvalue weighted by atomic mass is 10.0. The molecule has 5 heteroatoms. The van der Waals surface area contributed by atoms with Crippen LogP contribution in [-0.4, -0.2) is 36.4 Å². The monoisotopic (exact) mass is 1050 g/mol. The van der Waals surface area contributed by atoms with Gasteiger partial charge in [-0.25, -0.2) is 0 Å². The summed E-state index contributed by atoms with van der Waals surface area (Å²) >= 11 is 0. The predicted molar refractivity (Wildman–Crippen MR) is 334 cm³/mol. The zero-order valence-electron chi connectivity index (χ0n) is 49.5. The van der Waals surface area contributed by atoms with E-state index in [4.69, 9.17) is 9.47 Å². The molecule has 0 radical (unpaired) electrons. The van der Waals surface area contributed by atoms with Gasteiger partial charge >= 0.3 is 11.9 Å². The zero-order chi connectivity index (χ0) is 54.8. The van der Waals surface area contributed by atoms with Crippen LogP contribution in [0.5, 0.6) is 0 Å². The minimum atomic E-state index is -0.785. The summed E-state index contributed by atoms with van der Waals surface area (Å²) in [5, 5.41) is 9.68. The van der Waals surface area contributed by atoms with Gasteiger partial charge in [0.2, 0.25) is 0 Å². The van der Waals surface area contributed by atoms with Gasteiger partial charge in [0.25, 0.3) is 0 Å². The molecule has 0 spiro atoms. The van der Waals surface area contributed by atoms with E-state index in [0.717, 1.165) is 116 Å². The lowest BCUT2D eigenvalue weighted by molar-refractivity contribution is -0.161. The quantitative estimate of drug-likeness (QED) is 0.0373. The van der Waals surface area contributed by atoms with Crippen molar-refractivity contribution in [3.8, 4) is 0 Å². The fourth-order valence-electron chi connectivity index (χ4n) is 8.76. The molecule has 0 aromatic rings. The Kier molecular flexibility index (Phi) is 61.9. The van der Waals surface area contributed by atoms with Crippen molar-refractivity contribution in [2.45, 2.75) is 290 Å². The van der Waals surface area contributed by atoms with Gasteiger partial charge in [0.1, 0.15) is 6.61 Å². The molecule has 1 atom stereocenters. The van der Waals surface area contributed by atoms with Gasteiger partial charge in [0.15, 0.2) is 6.10 Å². The van der Waals surface area contributed by atoms with Crippen LogP contribution >= 0.6 is 0 Å². The summed E-state index contributed by atoms with van der Waals surface area (Å²) in [6.07, 6.45) is 97.3. The van der Waals surface area contributed by atoms with E-state index in [1.807, 2.05) is 0 Å². The van der Waals surface area contributed by atoms with Crippen molar-refractivity contribution in [1.29, 1.82) is 0 Å². The second kappa shape index (κ2) is 65.3. The van der Waals surface area contributed by atoms with E-state index in [1.54, 1.807) is 0 Å². The molecule has 1 unspecified atom stereocenters. The van der Waals surface area contributed by atoms with Crippen molar-refractivity contribution in [2.24, 2.45) is 0 Å². The molecule has 5 nitrogen and oxygen atoms in total. The topological polar surface area (TPSA) is 72.8 Å². The first-order chi connectivity index (χ1) is 37.6. The van der Waals surface area contributed by atoms with Crippen LogP contribution in [0.4, 0.5) is 0 Å².